The van der Waals surface area contributed by atoms with E-state index >= 15 is 0 Å². The number of halogens is 1. The topological polar surface area (TPSA) is 63.3 Å². The van der Waals surface area contributed by atoms with E-state index in [1.165, 1.54) is 17.2 Å². The van der Waals surface area contributed by atoms with E-state index in [-0.39, 0.29) is 0 Å². The van der Waals surface area contributed by atoms with E-state index in [2.05, 4.69) is 15.4 Å². The highest BCUT2D eigenvalue weighted by atomic mass is 35.5. The first-order valence-electron chi connectivity index (χ1n) is 4.16. The molecule has 0 fully saturated rings. The van der Waals surface area contributed by atoms with Crippen LogP contribution in [0, 0.1) is 0 Å². The van der Waals surface area contributed by atoms with Gasteiger partial charge >= 0.3 is 0 Å². The van der Waals surface area contributed by atoms with E-state index in [1.807, 2.05) is 12.1 Å². The number of aromatic nitrogens is 3. The molecule has 0 amide bonds. The Balaban J connectivity index is 2.42. The summed E-state index contributed by atoms with van der Waals surface area (Å²) in [7, 11) is 0. The Labute approximate surface area is 90.6 Å². The second-order valence-corrected chi connectivity index (χ2v) is 3.16. The van der Waals surface area contributed by atoms with Gasteiger partial charge in [0, 0.05) is 0 Å². The van der Waals surface area contributed by atoms with Gasteiger partial charge in [0.2, 0.25) is 0 Å². The Hall–Kier alpha value is -1.88. The molecule has 1 N–H and O–H groups in total. The summed E-state index contributed by atoms with van der Waals surface area (Å²) >= 11 is 5.96. The van der Waals surface area contributed by atoms with Gasteiger partial charge in [-0.3, -0.25) is 0 Å². The first-order chi connectivity index (χ1) is 7.31. The molecule has 1 aromatic heterocycles. The van der Waals surface area contributed by atoms with Gasteiger partial charge in [-0.05, 0) is 12.1 Å². The normalized spacial score (nSPS) is 11.0. The fourth-order valence-corrected chi connectivity index (χ4v) is 1.33. The largest absolute Gasteiger partial charge is 0.411 e. The highest BCUT2D eigenvalue weighted by molar-refractivity contribution is 6.32. The standard InChI is InChI=1S/C9H7ClN4O/c10-8-3-1-2-4-9(8)14-11-5-7(13-14)6-12-15/h1-6,15H/b12-6+. The van der Waals surface area contributed by atoms with Gasteiger partial charge in [0.1, 0.15) is 11.4 Å². The number of benzene rings is 1. The van der Waals surface area contributed by atoms with Crippen LogP contribution in [0.1, 0.15) is 5.69 Å². The van der Waals surface area contributed by atoms with Crippen LogP contribution in [0.15, 0.2) is 35.6 Å². The Morgan fingerprint density at radius 3 is 2.93 bits per heavy atom. The molecule has 0 aliphatic carbocycles. The summed E-state index contributed by atoms with van der Waals surface area (Å²) in [6.45, 7) is 0. The molecular weight excluding hydrogens is 216 g/mol. The van der Waals surface area contributed by atoms with Gasteiger partial charge < -0.3 is 5.21 Å². The number of hydrogen-bond acceptors (Lipinski definition) is 4. The lowest BCUT2D eigenvalue weighted by molar-refractivity contribution is 0.321. The summed E-state index contributed by atoms with van der Waals surface area (Å²) in [6, 6.07) is 7.21. The van der Waals surface area contributed by atoms with Gasteiger partial charge in [0.05, 0.1) is 17.4 Å². The molecule has 2 aromatic rings. The van der Waals surface area contributed by atoms with Gasteiger partial charge in [-0.15, -0.1) is 9.90 Å². The molecule has 0 aliphatic heterocycles. The summed E-state index contributed by atoms with van der Waals surface area (Å²) in [6.07, 6.45) is 2.67. The van der Waals surface area contributed by atoms with Crippen LogP contribution in [0.2, 0.25) is 5.02 Å². The molecule has 2 rings (SSSR count). The van der Waals surface area contributed by atoms with E-state index in [4.69, 9.17) is 16.8 Å². The lowest BCUT2D eigenvalue weighted by Gasteiger charge is -2.00. The molecule has 76 valence electrons. The predicted molar refractivity (Wildman–Crippen MR) is 55.7 cm³/mol. The Kier molecular flexibility index (Phi) is 2.64. The van der Waals surface area contributed by atoms with Crippen molar-refractivity contribution in [2.75, 3.05) is 0 Å². The number of para-hydroxylation sites is 1. The van der Waals surface area contributed by atoms with Crippen LogP contribution in [-0.2, 0) is 0 Å². The summed E-state index contributed by atoms with van der Waals surface area (Å²) in [5.74, 6) is 0. The third-order valence-corrected chi connectivity index (χ3v) is 2.09. The van der Waals surface area contributed by atoms with Crippen molar-refractivity contribution in [3.05, 3.63) is 41.2 Å². The van der Waals surface area contributed by atoms with Gasteiger partial charge in [-0.2, -0.15) is 5.10 Å². The van der Waals surface area contributed by atoms with E-state index < -0.39 is 0 Å². The molecular formula is C9H7ClN4O. The number of rotatable bonds is 2. The fraction of sp³-hybridized carbons (Fsp3) is 0. The van der Waals surface area contributed by atoms with Crippen LogP contribution in [0.5, 0.6) is 0 Å². The molecule has 0 unspecified atom stereocenters. The van der Waals surface area contributed by atoms with Crippen LogP contribution in [-0.4, -0.2) is 26.4 Å². The smallest absolute Gasteiger partial charge is 0.127 e. The molecule has 1 aromatic carbocycles. The minimum atomic E-state index is 0.456. The lowest BCUT2D eigenvalue weighted by atomic mass is 10.3. The zero-order valence-corrected chi connectivity index (χ0v) is 8.33. The van der Waals surface area contributed by atoms with Crippen molar-refractivity contribution < 1.29 is 5.21 Å². The SMILES string of the molecule is O/N=C/c1cnn(-c2ccccc2Cl)n1. The molecule has 0 atom stereocenters. The predicted octanol–water partition coefficient (Wildman–Crippen LogP) is 1.73. The molecule has 0 saturated carbocycles. The monoisotopic (exact) mass is 222 g/mol. The van der Waals surface area contributed by atoms with Gasteiger partial charge in [0.15, 0.2) is 0 Å². The van der Waals surface area contributed by atoms with Crippen molar-refractivity contribution in [3.8, 4) is 5.69 Å². The third kappa shape index (κ3) is 1.97. The van der Waals surface area contributed by atoms with Crippen LogP contribution >= 0.6 is 11.6 Å². The average Bonchev–Trinajstić information content (AvgIpc) is 2.68. The van der Waals surface area contributed by atoms with Crippen molar-refractivity contribution in [1.29, 1.82) is 0 Å². The van der Waals surface area contributed by atoms with E-state index in [9.17, 15) is 0 Å². The molecule has 5 nitrogen and oxygen atoms in total. The lowest BCUT2D eigenvalue weighted by Crippen LogP contribution is -1.99. The Morgan fingerprint density at radius 2 is 2.20 bits per heavy atom. The van der Waals surface area contributed by atoms with E-state index in [1.54, 1.807) is 12.1 Å². The molecule has 0 spiro atoms. The van der Waals surface area contributed by atoms with Crippen molar-refractivity contribution in [2.45, 2.75) is 0 Å². The minimum absolute atomic E-state index is 0.456. The van der Waals surface area contributed by atoms with Crippen LogP contribution in [0.4, 0.5) is 0 Å². The van der Waals surface area contributed by atoms with Crippen molar-refractivity contribution in [3.63, 3.8) is 0 Å². The summed E-state index contributed by atoms with van der Waals surface area (Å²) in [5, 5.41) is 19.8. The Bertz CT molecular complexity index is 494. The number of hydrogen-bond donors (Lipinski definition) is 1. The molecule has 6 heteroatoms. The quantitative estimate of drug-likeness (QED) is 0.478. The minimum Gasteiger partial charge on any atom is -0.411 e. The van der Waals surface area contributed by atoms with Gasteiger partial charge in [-0.1, -0.05) is 28.9 Å². The van der Waals surface area contributed by atoms with Crippen molar-refractivity contribution in [2.24, 2.45) is 5.16 Å². The zero-order valence-electron chi connectivity index (χ0n) is 7.58. The van der Waals surface area contributed by atoms with Gasteiger partial charge in [0.25, 0.3) is 0 Å². The molecule has 0 aliphatic rings. The van der Waals surface area contributed by atoms with E-state index in [0.717, 1.165) is 0 Å². The van der Waals surface area contributed by atoms with Crippen molar-refractivity contribution >= 4 is 17.8 Å². The van der Waals surface area contributed by atoms with Gasteiger partial charge in [-0.25, -0.2) is 0 Å². The molecule has 0 bridgehead atoms. The third-order valence-electron chi connectivity index (χ3n) is 1.77. The number of nitrogens with zero attached hydrogens (tertiary/aromatic N) is 4. The molecule has 0 saturated heterocycles. The highest BCUT2D eigenvalue weighted by Gasteiger charge is 2.04. The Morgan fingerprint density at radius 1 is 1.40 bits per heavy atom. The van der Waals surface area contributed by atoms with Crippen molar-refractivity contribution in [1.82, 2.24) is 15.0 Å². The maximum Gasteiger partial charge on any atom is 0.127 e. The van der Waals surface area contributed by atoms with Crippen LogP contribution in [0.25, 0.3) is 5.69 Å². The summed E-state index contributed by atoms with van der Waals surface area (Å²) in [4.78, 5) is 1.37. The maximum atomic E-state index is 8.32. The second kappa shape index (κ2) is 4.10. The average molecular weight is 223 g/mol. The van der Waals surface area contributed by atoms with E-state index in [0.29, 0.717) is 16.4 Å². The van der Waals surface area contributed by atoms with Crippen LogP contribution < -0.4 is 0 Å². The molecule has 15 heavy (non-hydrogen) atoms. The fourth-order valence-electron chi connectivity index (χ4n) is 1.12. The highest BCUT2D eigenvalue weighted by Crippen LogP contribution is 2.17. The first-order valence-corrected chi connectivity index (χ1v) is 4.54. The first kappa shape index (κ1) is 9.67. The second-order valence-electron chi connectivity index (χ2n) is 2.75. The van der Waals surface area contributed by atoms with Crippen LogP contribution in [0.3, 0.4) is 0 Å². The number of oxime groups is 1. The zero-order chi connectivity index (χ0) is 10.7. The molecule has 0 radical (unpaired) electrons. The summed E-state index contributed by atoms with van der Waals surface area (Å²) in [5.41, 5.74) is 1.13. The maximum absolute atomic E-state index is 8.32. The molecule has 1 heterocycles. The summed E-state index contributed by atoms with van der Waals surface area (Å²) < 4.78 is 0.